The molecule has 0 spiro atoms. The second-order valence-electron chi connectivity index (χ2n) is 5.90. The summed E-state index contributed by atoms with van der Waals surface area (Å²) < 4.78 is 5.80. The van der Waals surface area contributed by atoms with Gasteiger partial charge in [-0.25, -0.2) is 4.99 Å². The van der Waals surface area contributed by atoms with E-state index in [1.807, 2.05) is 25.3 Å². The molecular weight excluding hydrogens is 364 g/mol. The Labute approximate surface area is 165 Å². The number of hydrogen-bond donors (Lipinski definition) is 2. The molecule has 1 aliphatic heterocycles. The van der Waals surface area contributed by atoms with Gasteiger partial charge in [-0.05, 0) is 51.9 Å². The molecule has 8 heteroatoms. The van der Waals surface area contributed by atoms with Gasteiger partial charge in [-0.3, -0.25) is 15.1 Å². The molecule has 2 N–H and O–H groups in total. The largest absolute Gasteiger partial charge is 0.474 e. The summed E-state index contributed by atoms with van der Waals surface area (Å²) in [7, 11) is 5.58. The van der Waals surface area contributed by atoms with Crippen molar-refractivity contribution in [2.45, 2.75) is 18.9 Å². The maximum atomic E-state index is 10.2. The Balaban J connectivity index is 0.000000309. The molecule has 0 amide bonds. The number of nitrogens with one attached hydrogen (secondary N) is 2. The zero-order chi connectivity index (χ0) is 19.9. The summed E-state index contributed by atoms with van der Waals surface area (Å²) in [6, 6.07) is 3.52. The lowest BCUT2D eigenvalue weighted by atomic mass is 10.1. The van der Waals surface area contributed by atoms with E-state index >= 15 is 0 Å². The van der Waals surface area contributed by atoms with Gasteiger partial charge >= 0.3 is 0 Å². The van der Waals surface area contributed by atoms with Gasteiger partial charge in [-0.1, -0.05) is 12.2 Å². The predicted molar refractivity (Wildman–Crippen MR) is 113 cm³/mol. The number of anilines is 1. The van der Waals surface area contributed by atoms with Crippen molar-refractivity contribution in [1.82, 2.24) is 10.2 Å². The van der Waals surface area contributed by atoms with Crippen LogP contribution in [0, 0.1) is 0 Å². The molecule has 1 fully saturated rings. The number of carbonyl (C=O) groups excluding carboxylic acids is 1. The first-order chi connectivity index (χ1) is 13.1. The van der Waals surface area contributed by atoms with Crippen molar-refractivity contribution < 1.29 is 14.4 Å². The molecule has 2 heterocycles. The van der Waals surface area contributed by atoms with Crippen LogP contribution in [0.15, 0.2) is 41.2 Å². The third-order valence-electron chi connectivity index (χ3n) is 3.75. The number of allylic oxidation sites excluding steroid dienone is 2. The van der Waals surface area contributed by atoms with Gasteiger partial charge < -0.3 is 15.0 Å². The monoisotopic (exact) mass is 394 g/mol. The Morgan fingerprint density at radius 1 is 1.44 bits per heavy atom. The Morgan fingerprint density at radius 3 is 2.74 bits per heavy atom. The average molecular weight is 395 g/mol. The van der Waals surface area contributed by atoms with Crippen LogP contribution in [0.5, 0.6) is 0 Å². The molecule has 150 valence electrons. The SMILES string of the molecule is C=N/C(=C\C=C/CNC)OC1CCN(C)CC1.CONc1ccc(C=O)s1. The number of ether oxygens (including phenoxy) is 1. The van der Waals surface area contributed by atoms with Crippen LogP contribution in [-0.4, -0.2) is 64.8 Å². The Hall–Kier alpha value is -2.00. The number of aldehydes is 1. The van der Waals surface area contributed by atoms with Crippen LogP contribution in [0.2, 0.25) is 0 Å². The second kappa shape index (κ2) is 14.1. The van der Waals surface area contributed by atoms with Gasteiger partial charge in [-0.15, -0.1) is 11.3 Å². The van der Waals surface area contributed by atoms with Crippen molar-refractivity contribution in [2.75, 3.05) is 46.3 Å². The molecule has 0 atom stereocenters. The lowest BCUT2D eigenvalue weighted by Crippen LogP contribution is -2.34. The van der Waals surface area contributed by atoms with E-state index in [1.54, 1.807) is 12.1 Å². The minimum atomic E-state index is 0.278. The maximum Gasteiger partial charge on any atom is 0.212 e. The van der Waals surface area contributed by atoms with E-state index in [-0.39, 0.29) is 6.10 Å². The van der Waals surface area contributed by atoms with E-state index in [0.29, 0.717) is 10.8 Å². The Bertz CT molecular complexity index is 608. The van der Waals surface area contributed by atoms with Gasteiger partial charge in [0.05, 0.1) is 12.0 Å². The highest BCUT2D eigenvalue weighted by molar-refractivity contribution is 7.17. The summed E-state index contributed by atoms with van der Waals surface area (Å²) in [4.78, 5) is 21.7. The minimum Gasteiger partial charge on any atom is -0.474 e. The van der Waals surface area contributed by atoms with Crippen LogP contribution in [0.3, 0.4) is 0 Å². The molecule has 1 aliphatic rings. The summed E-state index contributed by atoms with van der Waals surface area (Å²) in [5, 5.41) is 3.87. The molecule has 27 heavy (non-hydrogen) atoms. The molecule has 1 aromatic rings. The van der Waals surface area contributed by atoms with Crippen molar-refractivity contribution in [2.24, 2.45) is 4.99 Å². The first kappa shape index (κ1) is 23.0. The van der Waals surface area contributed by atoms with Crippen LogP contribution >= 0.6 is 11.3 Å². The number of nitrogens with zero attached hydrogens (tertiary/aromatic N) is 2. The Kier molecular flexibility index (Phi) is 12.0. The fourth-order valence-corrected chi connectivity index (χ4v) is 3.01. The molecule has 0 bridgehead atoms. The maximum absolute atomic E-state index is 10.2. The van der Waals surface area contributed by atoms with Crippen LogP contribution in [-0.2, 0) is 9.57 Å². The molecular formula is C19H30N4O3S. The molecule has 1 saturated heterocycles. The zero-order valence-corrected chi connectivity index (χ0v) is 17.1. The van der Waals surface area contributed by atoms with Crippen molar-refractivity contribution in [3.05, 3.63) is 41.1 Å². The van der Waals surface area contributed by atoms with Crippen LogP contribution in [0.25, 0.3) is 0 Å². The fraction of sp³-hybridized carbons (Fsp3) is 0.474. The summed E-state index contributed by atoms with van der Waals surface area (Å²) in [6.45, 7) is 6.56. The number of likely N-dealkylation sites (N-methyl/N-ethyl adjacent to an activating group) is 1. The highest BCUT2D eigenvalue weighted by Crippen LogP contribution is 2.19. The van der Waals surface area contributed by atoms with E-state index in [0.717, 1.165) is 43.8 Å². The zero-order valence-electron chi connectivity index (χ0n) is 16.3. The highest BCUT2D eigenvalue weighted by atomic mass is 32.1. The third-order valence-corrected chi connectivity index (χ3v) is 4.66. The highest BCUT2D eigenvalue weighted by Gasteiger charge is 2.18. The smallest absolute Gasteiger partial charge is 0.212 e. The standard InChI is InChI=1S/C13H23N3O.C6H7NO2S/c1-14-9-5-4-6-13(15-2)17-12-7-10-16(3)11-8-12;1-9-7-6-3-2-5(4-8)10-6/h4-6,12,14H,2,7-11H2,1,3H3;2-4,7H,1H3/b5-4-,13-6+;. The molecule has 0 unspecified atom stereocenters. The molecule has 0 aliphatic carbocycles. The van der Waals surface area contributed by atoms with Crippen molar-refractivity contribution >= 4 is 29.3 Å². The van der Waals surface area contributed by atoms with Gasteiger partial charge in [0.25, 0.3) is 0 Å². The normalized spacial score (nSPS) is 15.9. The fourth-order valence-electron chi connectivity index (χ4n) is 2.31. The second-order valence-corrected chi connectivity index (χ2v) is 7.01. The van der Waals surface area contributed by atoms with Gasteiger partial charge in [-0.2, -0.15) is 0 Å². The minimum absolute atomic E-state index is 0.278. The third kappa shape index (κ3) is 10.0. The van der Waals surface area contributed by atoms with E-state index < -0.39 is 0 Å². The molecule has 2 rings (SSSR count). The van der Waals surface area contributed by atoms with Gasteiger partial charge in [0.2, 0.25) is 5.88 Å². The van der Waals surface area contributed by atoms with Gasteiger partial charge in [0.1, 0.15) is 11.1 Å². The molecule has 0 saturated carbocycles. The van der Waals surface area contributed by atoms with E-state index in [4.69, 9.17) is 4.74 Å². The van der Waals surface area contributed by atoms with Gasteiger partial charge in [0.15, 0.2) is 6.29 Å². The van der Waals surface area contributed by atoms with Gasteiger partial charge in [0, 0.05) is 19.6 Å². The van der Waals surface area contributed by atoms with Crippen molar-refractivity contribution in [3.8, 4) is 0 Å². The first-order valence-electron chi connectivity index (χ1n) is 8.80. The van der Waals surface area contributed by atoms with Crippen molar-refractivity contribution in [3.63, 3.8) is 0 Å². The van der Waals surface area contributed by atoms with Crippen LogP contribution < -0.4 is 10.8 Å². The Morgan fingerprint density at radius 2 is 2.19 bits per heavy atom. The molecule has 1 aromatic heterocycles. The number of hydrogen-bond acceptors (Lipinski definition) is 8. The number of likely N-dealkylation sites (tertiary alicyclic amines) is 1. The summed E-state index contributed by atoms with van der Waals surface area (Å²) >= 11 is 1.35. The van der Waals surface area contributed by atoms with Crippen LogP contribution in [0.4, 0.5) is 5.00 Å². The average Bonchev–Trinajstić information content (AvgIpc) is 3.14. The number of rotatable bonds is 9. The number of aliphatic imine (C=N–C) groups is 1. The number of carbonyl (C=O) groups is 1. The lowest BCUT2D eigenvalue weighted by molar-refractivity contribution is 0.0575. The van der Waals surface area contributed by atoms with E-state index in [2.05, 4.69) is 39.3 Å². The predicted octanol–water partition coefficient (Wildman–Crippen LogP) is 2.95. The van der Waals surface area contributed by atoms with E-state index in [9.17, 15) is 4.79 Å². The quantitative estimate of drug-likeness (QED) is 0.221. The molecule has 0 radical (unpaired) electrons. The lowest BCUT2D eigenvalue weighted by Gasteiger charge is -2.29. The first-order valence-corrected chi connectivity index (χ1v) is 9.62. The summed E-state index contributed by atoms with van der Waals surface area (Å²) in [6.07, 6.45) is 9.03. The summed E-state index contributed by atoms with van der Waals surface area (Å²) in [5.41, 5.74) is 2.62. The number of thiophene rings is 1. The van der Waals surface area contributed by atoms with Crippen molar-refractivity contribution in [1.29, 1.82) is 0 Å². The topological polar surface area (TPSA) is 75.2 Å². The van der Waals surface area contributed by atoms with E-state index in [1.165, 1.54) is 18.4 Å². The summed E-state index contributed by atoms with van der Waals surface area (Å²) in [5.74, 6) is 0.618. The molecule has 7 nitrogen and oxygen atoms in total. The molecule has 0 aromatic carbocycles. The number of piperidine rings is 1. The van der Waals surface area contributed by atoms with Crippen LogP contribution in [0.1, 0.15) is 22.5 Å².